The van der Waals surface area contributed by atoms with Crippen molar-refractivity contribution in [1.29, 1.82) is 0 Å². The Morgan fingerprint density at radius 3 is 2.89 bits per heavy atom. The minimum Gasteiger partial charge on any atom is -0.482 e. The van der Waals surface area contributed by atoms with Gasteiger partial charge in [0.15, 0.2) is 6.61 Å². The van der Waals surface area contributed by atoms with Crippen LogP contribution in [-0.4, -0.2) is 37.5 Å². The average Bonchev–Trinajstić information content (AvgIpc) is 2.30. The summed E-state index contributed by atoms with van der Waals surface area (Å²) in [4.78, 5) is 24.1. The number of halogens is 1. The zero-order valence-electron chi connectivity index (χ0n) is 9.91. The lowest BCUT2D eigenvalue weighted by Gasteiger charge is -2.20. The lowest BCUT2D eigenvalue weighted by atomic mass is 10.2. The van der Waals surface area contributed by atoms with Crippen molar-refractivity contribution in [2.45, 2.75) is 0 Å². The van der Waals surface area contributed by atoms with Crippen LogP contribution in [0, 0.1) is 0 Å². The number of urea groups is 1. The summed E-state index contributed by atoms with van der Waals surface area (Å²) >= 11 is 6.02. The first kappa shape index (κ1) is 12.5. The number of fused-ring (bicyclic) bond motifs is 1. The van der Waals surface area contributed by atoms with Crippen molar-refractivity contribution in [3.05, 3.63) is 17.2 Å². The highest BCUT2D eigenvalue weighted by atomic mass is 35.5. The van der Waals surface area contributed by atoms with Gasteiger partial charge in [0, 0.05) is 20.2 Å². The maximum atomic E-state index is 11.5. The molecule has 0 saturated carbocycles. The number of carbonyl (C=O) groups excluding carboxylic acids is 2. The van der Waals surface area contributed by atoms with Crippen LogP contribution < -0.4 is 15.4 Å². The molecule has 1 aromatic carbocycles. The van der Waals surface area contributed by atoms with Gasteiger partial charge in [-0.05, 0) is 6.07 Å². The van der Waals surface area contributed by atoms with Crippen LogP contribution in [0.5, 0.6) is 5.75 Å². The molecule has 0 atom stereocenters. The number of ether oxygens (including phenoxy) is 1. The third-order valence-corrected chi connectivity index (χ3v) is 2.66. The van der Waals surface area contributed by atoms with E-state index >= 15 is 0 Å². The minimum atomic E-state index is -0.295. The van der Waals surface area contributed by atoms with Crippen LogP contribution in [0.4, 0.5) is 16.2 Å². The Balaban J connectivity index is 2.28. The van der Waals surface area contributed by atoms with Gasteiger partial charge in [0.05, 0.1) is 16.4 Å². The maximum Gasteiger partial charge on any atom is 0.321 e. The molecule has 0 bridgehead atoms. The summed E-state index contributed by atoms with van der Waals surface area (Å²) in [6.45, 7) is -0.0459. The van der Waals surface area contributed by atoms with Gasteiger partial charge in [-0.25, -0.2) is 4.79 Å². The van der Waals surface area contributed by atoms with Crippen LogP contribution in [0.25, 0.3) is 0 Å². The van der Waals surface area contributed by atoms with Gasteiger partial charge in [0.25, 0.3) is 5.91 Å². The largest absolute Gasteiger partial charge is 0.482 e. The second-order valence-electron chi connectivity index (χ2n) is 3.99. The third-order valence-electron chi connectivity index (χ3n) is 2.35. The molecule has 1 aliphatic rings. The summed E-state index contributed by atoms with van der Waals surface area (Å²) in [7, 11) is 3.25. The van der Waals surface area contributed by atoms with E-state index in [1.165, 1.54) is 4.90 Å². The molecular formula is C11H12ClN3O3. The smallest absolute Gasteiger partial charge is 0.321 e. The Hall–Kier alpha value is -1.95. The Bertz CT molecular complexity index is 517. The number of benzene rings is 1. The van der Waals surface area contributed by atoms with Crippen molar-refractivity contribution in [3.8, 4) is 5.75 Å². The monoisotopic (exact) mass is 269 g/mol. The summed E-state index contributed by atoms with van der Waals surface area (Å²) in [5.74, 6) is 0.247. The number of nitrogens with zero attached hydrogens (tertiary/aromatic N) is 1. The molecule has 2 N–H and O–H groups in total. The predicted octanol–water partition coefficient (Wildman–Crippen LogP) is 1.76. The van der Waals surface area contributed by atoms with Crippen LogP contribution in [0.2, 0.25) is 5.02 Å². The Labute approximate surface area is 109 Å². The topological polar surface area (TPSA) is 70.7 Å². The molecule has 0 saturated heterocycles. The van der Waals surface area contributed by atoms with Gasteiger partial charge in [0.2, 0.25) is 0 Å². The summed E-state index contributed by atoms with van der Waals surface area (Å²) < 4.78 is 5.24. The third kappa shape index (κ3) is 2.48. The summed E-state index contributed by atoms with van der Waals surface area (Å²) in [6.07, 6.45) is 0. The van der Waals surface area contributed by atoms with Crippen LogP contribution in [0.1, 0.15) is 0 Å². The minimum absolute atomic E-state index is 0.0459. The van der Waals surface area contributed by atoms with Crippen molar-refractivity contribution >= 4 is 34.9 Å². The van der Waals surface area contributed by atoms with E-state index in [1.807, 2.05) is 0 Å². The number of carbonyl (C=O) groups is 2. The number of nitrogens with one attached hydrogen (secondary N) is 2. The Morgan fingerprint density at radius 1 is 1.50 bits per heavy atom. The molecule has 3 amide bonds. The standard InChI is InChI=1S/C11H12ClN3O3/c1-15(2)11(17)14-7-4-9-8(3-6(7)12)13-10(16)5-18-9/h3-4H,5H2,1-2H3,(H,13,16)(H,14,17). The van der Waals surface area contributed by atoms with E-state index in [1.54, 1.807) is 26.2 Å². The summed E-state index contributed by atoms with van der Waals surface area (Å²) in [5, 5.41) is 5.59. The van der Waals surface area contributed by atoms with Crippen LogP contribution in [0.3, 0.4) is 0 Å². The molecule has 1 aliphatic heterocycles. The van der Waals surface area contributed by atoms with Crippen LogP contribution >= 0.6 is 11.6 Å². The molecular weight excluding hydrogens is 258 g/mol. The van der Waals surface area contributed by atoms with Crippen molar-refractivity contribution in [3.63, 3.8) is 0 Å². The second-order valence-corrected chi connectivity index (χ2v) is 4.40. The quantitative estimate of drug-likeness (QED) is 0.816. The Kier molecular flexibility index (Phi) is 3.29. The highest BCUT2D eigenvalue weighted by Crippen LogP contribution is 2.36. The average molecular weight is 270 g/mol. The fourth-order valence-electron chi connectivity index (χ4n) is 1.42. The fourth-order valence-corrected chi connectivity index (χ4v) is 1.63. The fraction of sp³-hybridized carbons (Fsp3) is 0.273. The summed E-state index contributed by atoms with van der Waals surface area (Å²) in [5.41, 5.74) is 0.935. The van der Waals surface area contributed by atoms with E-state index in [0.717, 1.165) is 0 Å². The van der Waals surface area contributed by atoms with Gasteiger partial charge < -0.3 is 20.3 Å². The first-order chi connectivity index (χ1) is 8.47. The molecule has 7 heteroatoms. The summed E-state index contributed by atoms with van der Waals surface area (Å²) in [6, 6.07) is 2.83. The van der Waals surface area contributed by atoms with Crippen molar-refractivity contribution < 1.29 is 14.3 Å². The van der Waals surface area contributed by atoms with Gasteiger partial charge in [-0.1, -0.05) is 11.6 Å². The van der Waals surface area contributed by atoms with Gasteiger partial charge in [-0.2, -0.15) is 0 Å². The molecule has 96 valence electrons. The molecule has 1 aromatic rings. The van der Waals surface area contributed by atoms with Gasteiger partial charge in [-0.3, -0.25) is 4.79 Å². The van der Waals surface area contributed by atoms with E-state index in [2.05, 4.69) is 10.6 Å². The van der Waals surface area contributed by atoms with Gasteiger partial charge in [0.1, 0.15) is 5.75 Å². The molecule has 0 aliphatic carbocycles. The SMILES string of the molecule is CN(C)C(=O)Nc1cc2c(cc1Cl)NC(=O)CO2. The zero-order chi connectivity index (χ0) is 13.3. The lowest BCUT2D eigenvalue weighted by molar-refractivity contribution is -0.118. The maximum absolute atomic E-state index is 11.5. The lowest BCUT2D eigenvalue weighted by Crippen LogP contribution is -2.28. The van der Waals surface area contributed by atoms with Crippen molar-refractivity contribution in [1.82, 2.24) is 4.90 Å². The highest BCUT2D eigenvalue weighted by molar-refractivity contribution is 6.34. The van der Waals surface area contributed by atoms with E-state index in [-0.39, 0.29) is 18.5 Å². The second kappa shape index (κ2) is 4.73. The zero-order valence-corrected chi connectivity index (χ0v) is 10.7. The molecule has 0 aromatic heterocycles. The van der Waals surface area contributed by atoms with Crippen LogP contribution in [-0.2, 0) is 4.79 Å². The normalized spacial score (nSPS) is 13.2. The van der Waals surface area contributed by atoms with E-state index in [4.69, 9.17) is 16.3 Å². The highest BCUT2D eigenvalue weighted by Gasteiger charge is 2.19. The van der Waals surface area contributed by atoms with Gasteiger partial charge >= 0.3 is 6.03 Å². The number of amides is 3. The molecule has 18 heavy (non-hydrogen) atoms. The van der Waals surface area contributed by atoms with Gasteiger partial charge in [-0.15, -0.1) is 0 Å². The molecule has 0 unspecified atom stereocenters. The molecule has 2 rings (SSSR count). The first-order valence-corrected chi connectivity index (χ1v) is 5.59. The van der Waals surface area contributed by atoms with E-state index < -0.39 is 0 Å². The Morgan fingerprint density at radius 2 is 2.22 bits per heavy atom. The predicted molar refractivity (Wildman–Crippen MR) is 68.3 cm³/mol. The first-order valence-electron chi connectivity index (χ1n) is 5.22. The van der Waals surface area contributed by atoms with E-state index in [0.29, 0.717) is 22.1 Å². The van der Waals surface area contributed by atoms with Crippen molar-refractivity contribution in [2.24, 2.45) is 0 Å². The van der Waals surface area contributed by atoms with E-state index in [9.17, 15) is 9.59 Å². The number of anilines is 2. The van der Waals surface area contributed by atoms with Crippen molar-refractivity contribution in [2.75, 3.05) is 31.3 Å². The molecule has 0 spiro atoms. The number of rotatable bonds is 1. The molecule has 0 radical (unpaired) electrons. The molecule has 6 nitrogen and oxygen atoms in total. The molecule has 1 heterocycles. The number of hydrogen-bond acceptors (Lipinski definition) is 3. The van der Waals surface area contributed by atoms with Crippen LogP contribution in [0.15, 0.2) is 12.1 Å². The molecule has 0 fully saturated rings. The number of hydrogen-bond donors (Lipinski definition) is 2.